The number of nitrogens with zero attached hydrogens (tertiary/aromatic N) is 3. The number of aromatic nitrogens is 2. The van der Waals surface area contributed by atoms with E-state index in [1.54, 1.807) is 29.9 Å². The van der Waals surface area contributed by atoms with Gasteiger partial charge in [-0.25, -0.2) is 8.78 Å². The molecule has 2 N–H and O–H groups in total. The summed E-state index contributed by atoms with van der Waals surface area (Å²) in [5, 5.41) is 10.7. The molecule has 0 atom stereocenters. The quantitative estimate of drug-likeness (QED) is 0.526. The second kappa shape index (κ2) is 10.9. The minimum absolute atomic E-state index is 0.256. The van der Waals surface area contributed by atoms with Crippen LogP contribution in [0.1, 0.15) is 16.8 Å². The first-order valence-electron chi connectivity index (χ1n) is 11.1. The van der Waals surface area contributed by atoms with Gasteiger partial charge in [0.1, 0.15) is 24.0 Å². The predicted octanol–water partition coefficient (Wildman–Crippen LogP) is 3.95. The van der Waals surface area contributed by atoms with Crippen LogP contribution in [0, 0.1) is 11.6 Å². The lowest BCUT2D eigenvalue weighted by atomic mass is 10.1. The van der Waals surface area contributed by atoms with Crippen molar-refractivity contribution >= 4 is 23.2 Å². The molecular formula is C24H26ClF2N5O2. The predicted molar refractivity (Wildman–Crippen MR) is 127 cm³/mol. The summed E-state index contributed by atoms with van der Waals surface area (Å²) >= 11 is 6.39. The largest absolute Gasteiger partial charge is 0.492 e. The molecule has 34 heavy (non-hydrogen) atoms. The fourth-order valence-electron chi connectivity index (χ4n) is 3.91. The van der Waals surface area contributed by atoms with E-state index in [1.807, 2.05) is 0 Å². The van der Waals surface area contributed by atoms with E-state index in [0.29, 0.717) is 40.4 Å². The average molecular weight is 490 g/mol. The average Bonchev–Trinajstić information content (AvgIpc) is 2.98. The maximum absolute atomic E-state index is 14.0. The Morgan fingerprint density at radius 1 is 1.21 bits per heavy atom. The van der Waals surface area contributed by atoms with Gasteiger partial charge in [0.05, 0.1) is 22.5 Å². The van der Waals surface area contributed by atoms with E-state index in [4.69, 9.17) is 16.3 Å². The Labute approximate surface area is 201 Å². The first-order chi connectivity index (χ1) is 16.4. The zero-order valence-corrected chi connectivity index (χ0v) is 19.5. The molecule has 2 aromatic carbocycles. The van der Waals surface area contributed by atoms with Gasteiger partial charge < -0.3 is 15.4 Å². The van der Waals surface area contributed by atoms with Crippen molar-refractivity contribution in [2.75, 3.05) is 44.6 Å². The highest BCUT2D eigenvalue weighted by Gasteiger charge is 2.18. The van der Waals surface area contributed by atoms with Gasteiger partial charge >= 0.3 is 0 Å². The number of rotatable bonds is 7. The van der Waals surface area contributed by atoms with Crippen LogP contribution in [0.15, 0.2) is 42.6 Å². The van der Waals surface area contributed by atoms with Crippen molar-refractivity contribution < 1.29 is 18.3 Å². The number of hydrogen-bond acceptors (Lipinski definition) is 5. The Balaban J connectivity index is 1.55. The van der Waals surface area contributed by atoms with Crippen molar-refractivity contribution in [3.63, 3.8) is 0 Å². The summed E-state index contributed by atoms with van der Waals surface area (Å²) in [4.78, 5) is 14.9. The first kappa shape index (κ1) is 24.1. The van der Waals surface area contributed by atoms with Gasteiger partial charge in [-0.15, -0.1) is 0 Å². The normalized spacial score (nSPS) is 14.6. The zero-order valence-electron chi connectivity index (χ0n) is 18.8. The number of benzene rings is 2. The van der Waals surface area contributed by atoms with Gasteiger partial charge in [0.25, 0.3) is 5.91 Å². The van der Waals surface area contributed by atoms with Crippen molar-refractivity contribution in [3.05, 3.63) is 64.8 Å². The lowest BCUT2D eigenvalue weighted by Gasteiger charge is -2.20. The maximum atomic E-state index is 14.0. The molecule has 7 nitrogen and oxygen atoms in total. The molecule has 180 valence electrons. The van der Waals surface area contributed by atoms with Crippen LogP contribution >= 0.6 is 11.6 Å². The smallest absolute Gasteiger partial charge is 0.258 e. The number of amides is 1. The molecule has 1 saturated heterocycles. The van der Waals surface area contributed by atoms with Crippen molar-refractivity contribution in [2.24, 2.45) is 7.05 Å². The number of carbonyl (C=O) groups is 1. The molecule has 1 aliphatic heterocycles. The van der Waals surface area contributed by atoms with Gasteiger partial charge in [-0.1, -0.05) is 11.6 Å². The lowest BCUT2D eigenvalue weighted by Crippen LogP contribution is -2.31. The highest BCUT2D eigenvalue weighted by molar-refractivity contribution is 6.33. The fraction of sp³-hybridized carbons (Fsp3) is 0.333. The molecule has 2 heterocycles. The Morgan fingerprint density at radius 3 is 2.82 bits per heavy atom. The summed E-state index contributed by atoms with van der Waals surface area (Å²) in [7, 11) is 1.76. The number of ether oxygens (including phenoxy) is 1. The van der Waals surface area contributed by atoms with Gasteiger partial charge in [0.15, 0.2) is 0 Å². The molecule has 1 aromatic heterocycles. The minimum atomic E-state index is -0.934. The number of aryl methyl sites for hydroxylation is 1. The van der Waals surface area contributed by atoms with Crippen molar-refractivity contribution in [3.8, 4) is 17.0 Å². The van der Waals surface area contributed by atoms with Crippen LogP contribution < -0.4 is 15.4 Å². The molecule has 0 unspecified atom stereocenters. The van der Waals surface area contributed by atoms with E-state index < -0.39 is 17.5 Å². The van der Waals surface area contributed by atoms with E-state index in [0.717, 1.165) is 51.3 Å². The number of carbonyl (C=O) groups excluding carboxylic acids is 1. The fourth-order valence-corrected chi connectivity index (χ4v) is 4.18. The van der Waals surface area contributed by atoms with E-state index in [2.05, 4.69) is 20.6 Å². The summed E-state index contributed by atoms with van der Waals surface area (Å²) in [5.41, 5.74) is 1.42. The minimum Gasteiger partial charge on any atom is -0.492 e. The molecule has 0 radical (unpaired) electrons. The van der Waals surface area contributed by atoms with Crippen LogP contribution in [0.3, 0.4) is 0 Å². The van der Waals surface area contributed by atoms with Crippen LogP contribution in [0.2, 0.25) is 5.02 Å². The third kappa shape index (κ3) is 5.72. The molecule has 1 fully saturated rings. The Bertz CT molecular complexity index is 1140. The van der Waals surface area contributed by atoms with Crippen LogP contribution in [0.4, 0.5) is 14.5 Å². The first-order valence-corrected chi connectivity index (χ1v) is 11.4. The maximum Gasteiger partial charge on any atom is 0.258 e. The summed E-state index contributed by atoms with van der Waals surface area (Å²) in [6, 6.07) is 7.92. The van der Waals surface area contributed by atoms with Gasteiger partial charge in [0, 0.05) is 44.0 Å². The number of halogens is 3. The second-order valence-corrected chi connectivity index (χ2v) is 8.45. The molecule has 4 rings (SSSR count). The third-order valence-electron chi connectivity index (χ3n) is 5.66. The summed E-state index contributed by atoms with van der Waals surface area (Å²) in [6.45, 7) is 5.22. The molecule has 0 spiro atoms. The molecule has 3 aromatic rings. The Kier molecular flexibility index (Phi) is 7.77. The van der Waals surface area contributed by atoms with Crippen molar-refractivity contribution in [1.29, 1.82) is 0 Å². The molecule has 0 aliphatic carbocycles. The molecule has 10 heteroatoms. The molecular weight excluding hydrogens is 464 g/mol. The van der Waals surface area contributed by atoms with Gasteiger partial charge in [0.2, 0.25) is 0 Å². The Hall–Kier alpha value is -3.01. The van der Waals surface area contributed by atoms with Crippen LogP contribution in [-0.2, 0) is 7.05 Å². The topological polar surface area (TPSA) is 71.4 Å². The standard InChI is InChI=1S/C24H26ClF2N5O2/c1-31-23(20(25)15-29-31)19-14-17(30-24(33)18-5-3-16(26)13-21(18)27)4-6-22(19)34-12-11-32-9-2-7-28-8-10-32/h3-6,13-15,28H,2,7-12H2,1H3,(H,30,33). The molecule has 1 amide bonds. The highest BCUT2D eigenvalue weighted by Crippen LogP contribution is 2.36. The van der Waals surface area contributed by atoms with Crippen LogP contribution in [0.5, 0.6) is 5.75 Å². The van der Waals surface area contributed by atoms with Gasteiger partial charge in [-0.3, -0.25) is 14.4 Å². The van der Waals surface area contributed by atoms with Crippen LogP contribution in [0.25, 0.3) is 11.3 Å². The monoisotopic (exact) mass is 489 g/mol. The van der Waals surface area contributed by atoms with Gasteiger partial charge in [-0.05, 0) is 49.8 Å². The SMILES string of the molecule is Cn1ncc(Cl)c1-c1cc(NC(=O)c2ccc(F)cc2F)ccc1OCCN1CCCNCC1. The summed E-state index contributed by atoms with van der Waals surface area (Å²) in [5.74, 6) is -1.79. The summed E-state index contributed by atoms with van der Waals surface area (Å²) < 4.78 is 35.0. The molecule has 1 aliphatic rings. The Morgan fingerprint density at radius 2 is 2.06 bits per heavy atom. The van der Waals surface area contributed by atoms with Crippen LogP contribution in [-0.4, -0.2) is 59.9 Å². The second-order valence-electron chi connectivity index (χ2n) is 8.05. The van der Waals surface area contributed by atoms with E-state index in [-0.39, 0.29) is 5.56 Å². The number of nitrogens with one attached hydrogen (secondary N) is 2. The van der Waals surface area contributed by atoms with E-state index in [1.165, 1.54) is 6.20 Å². The molecule has 0 bridgehead atoms. The van der Waals surface area contributed by atoms with Crippen molar-refractivity contribution in [1.82, 2.24) is 20.0 Å². The molecule has 0 saturated carbocycles. The zero-order chi connectivity index (χ0) is 24.1. The third-order valence-corrected chi connectivity index (χ3v) is 5.94. The highest BCUT2D eigenvalue weighted by atomic mass is 35.5. The van der Waals surface area contributed by atoms with E-state index >= 15 is 0 Å². The summed E-state index contributed by atoms with van der Waals surface area (Å²) in [6.07, 6.45) is 2.63. The van der Waals surface area contributed by atoms with E-state index in [9.17, 15) is 13.6 Å². The van der Waals surface area contributed by atoms with Gasteiger partial charge in [-0.2, -0.15) is 5.10 Å². The number of hydrogen-bond donors (Lipinski definition) is 2. The number of anilines is 1. The lowest BCUT2D eigenvalue weighted by molar-refractivity contribution is 0.102. The van der Waals surface area contributed by atoms with Crippen molar-refractivity contribution in [2.45, 2.75) is 6.42 Å².